The number of ether oxygens (including phenoxy) is 1. The first-order valence-electron chi connectivity index (χ1n) is 6.56. The quantitative estimate of drug-likeness (QED) is 0.665. The topological polar surface area (TPSA) is 51.2 Å². The van der Waals surface area contributed by atoms with Gasteiger partial charge in [0.1, 0.15) is 5.75 Å². The number of rotatable bonds is 4. The fourth-order valence-corrected chi connectivity index (χ4v) is 2.68. The number of halogens is 2. The van der Waals surface area contributed by atoms with Gasteiger partial charge in [0.05, 0.1) is 15.7 Å². The first-order chi connectivity index (χ1) is 11.1. The molecule has 0 aliphatic carbocycles. The highest BCUT2D eigenvalue weighted by Crippen LogP contribution is 2.30. The number of amides is 1. The van der Waals surface area contributed by atoms with Crippen molar-refractivity contribution in [3.63, 3.8) is 0 Å². The first-order valence-corrected chi connectivity index (χ1v) is 8.20. The van der Waals surface area contributed by atoms with Gasteiger partial charge in [-0.25, -0.2) is 4.98 Å². The number of carbonyl (C=O) groups excluding carboxylic acids is 1. The van der Waals surface area contributed by atoms with Crippen LogP contribution >= 0.6 is 34.5 Å². The molecule has 1 N–H and O–H groups in total. The molecular formula is C16H10Cl2N2O2S. The first kappa shape index (κ1) is 15.8. The van der Waals surface area contributed by atoms with Gasteiger partial charge in [0, 0.05) is 17.1 Å². The van der Waals surface area contributed by atoms with Gasteiger partial charge in [-0.1, -0.05) is 40.6 Å². The maximum Gasteiger partial charge on any atom is 0.278 e. The lowest BCUT2D eigenvalue weighted by Crippen LogP contribution is -2.12. The molecule has 0 fully saturated rings. The molecule has 0 aliphatic heterocycles. The van der Waals surface area contributed by atoms with Gasteiger partial charge in [0.2, 0.25) is 0 Å². The van der Waals surface area contributed by atoms with E-state index < -0.39 is 0 Å². The van der Waals surface area contributed by atoms with Crippen molar-refractivity contribution in [1.82, 2.24) is 4.98 Å². The van der Waals surface area contributed by atoms with Crippen LogP contribution in [0.1, 0.15) is 10.4 Å². The largest absolute Gasteiger partial charge is 0.431 e. The van der Waals surface area contributed by atoms with E-state index in [9.17, 15) is 4.79 Å². The van der Waals surface area contributed by atoms with E-state index in [0.29, 0.717) is 32.2 Å². The van der Waals surface area contributed by atoms with E-state index >= 15 is 0 Å². The van der Waals surface area contributed by atoms with Crippen molar-refractivity contribution < 1.29 is 9.53 Å². The van der Waals surface area contributed by atoms with E-state index in [2.05, 4.69) is 10.3 Å². The molecule has 1 aromatic heterocycles. The van der Waals surface area contributed by atoms with Gasteiger partial charge < -0.3 is 10.1 Å². The molecule has 1 heterocycles. The molecule has 23 heavy (non-hydrogen) atoms. The molecule has 0 atom stereocenters. The molecule has 4 nitrogen and oxygen atoms in total. The Morgan fingerprint density at radius 1 is 1.13 bits per heavy atom. The Hall–Kier alpha value is -2.08. The van der Waals surface area contributed by atoms with Crippen LogP contribution in [-0.2, 0) is 0 Å². The highest BCUT2D eigenvalue weighted by molar-refractivity contribution is 7.11. The molecule has 7 heteroatoms. The summed E-state index contributed by atoms with van der Waals surface area (Å²) >= 11 is 13.4. The minimum atomic E-state index is -0.282. The third kappa shape index (κ3) is 3.82. The average Bonchev–Trinajstić information content (AvgIpc) is 3.05. The summed E-state index contributed by atoms with van der Waals surface area (Å²) in [4.78, 5) is 16.3. The van der Waals surface area contributed by atoms with Crippen molar-refractivity contribution in [2.75, 3.05) is 5.32 Å². The molecule has 0 radical (unpaired) electrons. The summed E-state index contributed by atoms with van der Waals surface area (Å²) in [5, 5.41) is 5.80. The molecule has 0 bridgehead atoms. The van der Waals surface area contributed by atoms with Crippen molar-refractivity contribution in [3.05, 3.63) is 69.7 Å². The Kier molecular flexibility index (Phi) is 4.81. The van der Waals surface area contributed by atoms with Gasteiger partial charge in [-0.15, -0.1) is 0 Å². The average molecular weight is 365 g/mol. The predicted octanol–water partition coefficient (Wildman–Crippen LogP) is 5.49. The maximum atomic E-state index is 12.2. The van der Waals surface area contributed by atoms with Crippen molar-refractivity contribution >= 4 is 46.1 Å². The number of aromatic nitrogens is 1. The minimum absolute atomic E-state index is 0.282. The lowest BCUT2D eigenvalue weighted by molar-refractivity contribution is 0.102. The molecule has 2 aromatic carbocycles. The summed E-state index contributed by atoms with van der Waals surface area (Å²) in [6.07, 6.45) is 1.66. The van der Waals surface area contributed by atoms with Crippen LogP contribution in [0.4, 0.5) is 5.69 Å². The minimum Gasteiger partial charge on any atom is -0.431 e. The van der Waals surface area contributed by atoms with Crippen LogP contribution in [0.15, 0.2) is 54.0 Å². The van der Waals surface area contributed by atoms with Crippen LogP contribution in [0, 0.1) is 0 Å². The van der Waals surface area contributed by atoms with Crippen LogP contribution in [0.25, 0.3) is 0 Å². The van der Waals surface area contributed by atoms with Gasteiger partial charge in [-0.3, -0.25) is 4.79 Å². The molecule has 0 aliphatic rings. The molecule has 116 valence electrons. The summed E-state index contributed by atoms with van der Waals surface area (Å²) < 4.78 is 5.54. The Bertz CT molecular complexity index is 821. The zero-order valence-corrected chi connectivity index (χ0v) is 14.0. The van der Waals surface area contributed by atoms with E-state index in [4.69, 9.17) is 27.9 Å². The standard InChI is InChI=1S/C16H10Cl2N2O2S/c17-12-2-1-3-13(14(12)18)20-15(21)10-4-6-11(7-5-10)22-16-19-8-9-23-16/h1-9H,(H,20,21). The highest BCUT2D eigenvalue weighted by Gasteiger charge is 2.10. The van der Waals surface area contributed by atoms with E-state index in [1.165, 1.54) is 11.3 Å². The number of hydrogen-bond acceptors (Lipinski definition) is 4. The highest BCUT2D eigenvalue weighted by atomic mass is 35.5. The fraction of sp³-hybridized carbons (Fsp3) is 0. The molecule has 0 saturated heterocycles. The van der Waals surface area contributed by atoms with Gasteiger partial charge in [0.25, 0.3) is 11.1 Å². The Labute approximate surface area is 146 Å². The molecule has 3 aromatic rings. The SMILES string of the molecule is O=C(Nc1cccc(Cl)c1Cl)c1ccc(Oc2nccs2)cc1. The van der Waals surface area contributed by atoms with Gasteiger partial charge in [0.15, 0.2) is 0 Å². The normalized spacial score (nSPS) is 10.3. The molecule has 0 saturated carbocycles. The molecule has 3 rings (SSSR count). The zero-order valence-electron chi connectivity index (χ0n) is 11.6. The second-order valence-corrected chi connectivity index (χ2v) is 6.12. The Balaban J connectivity index is 1.71. The number of nitrogens with zero attached hydrogens (tertiary/aromatic N) is 1. The Morgan fingerprint density at radius 2 is 1.91 bits per heavy atom. The predicted molar refractivity (Wildman–Crippen MR) is 93.0 cm³/mol. The van der Waals surface area contributed by atoms with E-state index in [1.54, 1.807) is 48.7 Å². The summed E-state index contributed by atoms with van der Waals surface area (Å²) in [5.74, 6) is 0.326. The summed E-state index contributed by atoms with van der Waals surface area (Å²) in [5.41, 5.74) is 0.944. The number of carbonyl (C=O) groups is 1. The lowest BCUT2D eigenvalue weighted by Gasteiger charge is -2.08. The molecule has 0 spiro atoms. The number of anilines is 1. The van der Waals surface area contributed by atoms with Gasteiger partial charge in [-0.05, 0) is 36.4 Å². The zero-order chi connectivity index (χ0) is 16.2. The van der Waals surface area contributed by atoms with Crippen LogP contribution in [-0.4, -0.2) is 10.9 Å². The van der Waals surface area contributed by atoms with E-state index in [-0.39, 0.29) is 5.91 Å². The third-order valence-corrected chi connectivity index (χ3v) is 4.40. The van der Waals surface area contributed by atoms with E-state index in [0.717, 1.165) is 0 Å². The van der Waals surface area contributed by atoms with Crippen LogP contribution in [0.5, 0.6) is 10.9 Å². The second-order valence-electron chi connectivity index (χ2n) is 4.48. The molecular weight excluding hydrogens is 355 g/mol. The van der Waals surface area contributed by atoms with Crippen molar-refractivity contribution in [1.29, 1.82) is 0 Å². The van der Waals surface area contributed by atoms with Crippen molar-refractivity contribution in [3.8, 4) is 10.9 Å². The summed E-state index contributed by atoms with van der Waals surface area (Å²) in [6.45, 7) is 0. The Morgan fingerprint density at radius 3 is 2.61 bits per heavy atom. The number of benzene rings is 2. The summed E-state index contributed by atoms with van der Waals surface area (Å²) in [7, 11) is 0. The molecule has 1 amide bonds. The second kappa shape index (κ2) is 7.00. The van der Waals surface area contributed by atoms with Crippen molar-refractivity contribution in [2.24, 2.45) is 0 Å². The lowest BCUT2D eigenvalue weighted by atomic mass is 10.2. The van der Waals surface area contributed by atoms with Crippen LogP contribution in [0.3, 0.4) is 0 Å². The smallest absolute Gasteiger partial charge is 0.278 e. The maximum absolute atomic E-state index is 12.2. The third-order valence-electron chi connectivity index (χ3n) is 2.93. The number of hydrogen-bond donors (Lipinski definition) is 1. The van der Waals surface area contributed by atoms with Crippen LogP contribution in [0.2, 0.25) is 10.0 Å². The van der Waals surface area contributed by atoms with E-state index in [1.807, 2.05) is 5.38 Å². The van der Waals surface area contributed by atoms with Crippen molar-refractivity contribution in [2.45, 2.75) is 0 Å². The summed E-state index contributed by atoms with van der Waals surface area (Å²) in [6, 6.07) is 11.8. The van der Waals surface area contributed by atoms with Gasteiger partial charge in [-0.2, -0.15) is 0 Å². The monoisotopic (exact) mass is 364 g/mol. The fourth-order valence-electron chi connectivity index (χ4n) is 1.83. The number of nitrogens with one attached hydrogen (secondary N) is 1. The number of thiazole rings is 1. The molecule has 0 unspecified atom stereocenters. The van der Waals surface area contributed by atoms with Crippen LogP contribution < -0.4 is 10.1 Å². The van der Waals surface area contributed by atoms with Gasteiger partial charge >= 0.3 is 0 Å².